The van der Waals surface area contributed by atoms with E-state index in [-0.39, 0.29) is 21.7 Å². The lowest BCUT2D eigenvalue weighted by molar-refractivity contribution is -0.0549. The van der Waals surface area contributed by atoms with Gasteiger partial charge in [0.2, 0.25) is 5.43 Å². The number of hydrogen-bond donors (Lipinski definition) is 1. The van der Waals surface area contributed by atoms with Gasteiger partial charge in [-0.3, -0.25) is 4.79 Å². The van der Waals surface area contributed by atoms with Gasteiger partial charge in [0.1, 0.15) is 11.4 Å². The molecule has 0 saturated heterocycles. The molecule has 184 valence electrons. The van der Waals surface area contributed by atoms with Crippen molar-refractivity contribution in [2.24, 2.45) is 0 Å². The number of nitrogens with zero attached hydrogens (tertiary/aromatic N) is 1. The predicted molar refractivity (Wildman–Crippen MR) is 141 cm³/mol. The third-order valence-electron chi connectivity index (χ3n) is 6.43. The largest absolute Gasteiger partial charge is 0.452 e. The predicted octanol–water partition coefficient (Wildman–Crippen LogP) is 7.08. The van der Waals surface area contributed by atoms with Gasteiger partial charge in [-0.1, -0.05) is 66.2 Å². The number of carbonyl (C=O) groups is 1. The summed E-state index contributed by atoms with van der Waals surface area (Å²) in [6.07, 6.45) is 3.55. The van der Waals surface area contributed by atoms with Gasteiger partial charge in [-0.05, 0) is 57.2 Å². The lowest BCUT2D eigenvalue weighted by atomic mass is 9.74. The number of pyridine rings is 1. The fraction of sp³-hybridized carbons (Fsp3) is 0.276. The van der Waals surface area contributed by atoms with Crippen molar-refractivity contribution >= 4 is 28.7 Å². The minimum atomic E-state index is -0.663. The molecule has 0 unspecified atom stereocenters. The molecule has 1 aliphatic carbocycles. The Morgan fingerprint density at radius 2 is 1.72 bits per heavy atom. The first-order valence-corrected chi connectivity index (χ1v) is 12.3. The Labute approximate surface area is 214 Å². The van der Waals surface area contributed by atoms with Gasteiger partial charge < -0.3 is 14.5 Å². The van der Waals surface area contributed by atoms with E-state index in [0.29, 0.717) is 22.3 Å². The maximum absolute atomic E-state index is 13.7. The zero-order valence-corrected chi connectivity index (χ0v) is 21.2. The number of carbonyl (C=O) groups excluding carboxylic acids is 1. The highest BCUT2D eigenvalue weighted by atomic mass is 35.5. The molecule has 1 fully saturated rings. The molecule has 6 nitrogen and oxygen atoms in total. The molecule has 0 bridgehead atoms. The Morgan fingerprint density at radius 3 is 2.33 bits per heavy atom. The van der Waals surface area contributed by atoms with Crippen LogP contribution in [0.3, 0.4) is 0 Å². The molecule has 36 heavy (non-hydrogen) atoms. The summed E-state index contributed by atoms with van der Waals surface area (Å²) in [4.78, 5) is 30.3. The summed E-state index contributed by atoms with van der Waals surface area (Å²) in [7, 11) is 0. The molecule has 1 saturated carbocycles. The smallest absolute Gasteiger partial charge is 0.408 e. The Morgan fingerprint density at radius 1 is 1.03 bits per heavy atom. The minimum Gasteiger partial charge on any atom is -0.452 e. The highest BCUT2D eigenvalue weighted by molar-refractivity contribution is 6.33. The Kier molecular flexibility index (Phi) is 6.08. The molecule has 7 heteroatoms. The van der Waals surface area contributed by atoms with E-state index in [1.165, 1.54) is 6.20 Å². The minimum absolute atomic E-state index is 0.140. The first-order chi connectivity index (χ1) is 17.2. The van der Waals surface area contributed by atoms with Crippen LogP contribution in [0.4, 0.5) is 4.79 Å². The molecule has 1 aliphatic rings. The van der Waals surface area contributed by atoms with Crippen LogP contribution in [-0.2, 0) is 10.3 Å². The number of nitrogens with one attached hydrogen (secondary N) is 1. The van der Waals surface area contributed by atoms with Crippen molar-refractivity contribution in [2.45, 2.75) is 51.2 Å². The van der Waals surface area contributed by atoms with E-state index < -0.39 is 11.7 Å². The molecular weight excluding hydrogens is 476 g/mol. The van der Waals surface area contributed by atoms with Crippen molar-refractivity contribution < 1.29 is 13.9 Å². The van der Waals surface area contributed by atoms with E-state index in [0.717, 1.165) is 30.4 Å². The van der Waals surface area contributed by atoms with Crippen LogP contribution in [0.2, 0.25) is 5.15 Å². The number of rotatable bonds is 4. The van der Waals surface area contributed by atoms with Gasteiger partial charge in [-0.25, -0.2) is 9.78 Å². The third kappa shape index (κ3) is 4.49. The summed E-state index contributed by atoms with van der Waals surface area (Å²) >= 11 is 6.27. The van der Waals surface area contributed by atoms with E-state index in [2.05, 4.69) is 10.3 Å². The fourth-order valence-corrected chi connectivity index (χ4v) is 4.74. The Bertz CT molecular complexity index is 1480. The standard InChI is InChI=1S/C29H27ClN2O4/c1-28(2,3)32-27(34)36-29(15-7-16-29)20-12-10-18(11-13-20)22-23(33)21-14-17-31-26(30)25(21)35-24(22)19-8-5-4-6-9-19/h4-6,8-14,17H,7,15-16H2,1-3H3,(H,32,34). The van der Waals surface area contributed by atoms with Crippen molar-refractivity contribution in [2.75, 3.05) is 0 Å². The second-order valence-electron chi connectivity index (χ2n) is 10.2. The number of hydrogen-bond acceptors (Lipinski definition) is 5. The van der Waals surface area contributed by atoms with Crippen molar-refractivity contribution in [3.63, 3.8) is 0 Å². The van der Waals surface area contributed by atoms with Gasteiger partial charge >= 0.3 is 6.09 Å². The van der Waals surface area contributed by atoms with Crippen molar-refractivity contribution in [1.29, 1.82) is 0 Å². The van der Waals surface area contributed by atoms with Crippen LogP contribution in [0, 0.1) is 0 Å². The van der Waals surface area contributed by atoms with Crippen molar-refractivity contribution in [3.05, 3.63) is 87.8 Å². The van der Waals surface area contributed by atoms with Crippen LogP contribution in [0.15, 0.2) is 76.1 Å². The summed E-state index contributed by atoms with van der Waals surface area (Å²) in [6, 6.07) is 18.7. The average molecular weight is 503 g/mol. The van der Waals surface area contributed by atoms with E-state index >= 15 is 0 Å². The van der Waals surface area contributed by atoms with Crippen molar-refractivity contribution in [3.8, 4) is 22.5 Å². The Balaban J connectivity index is 1.58. The molecule has 0 spiro atoms. The molecule has 5 rings (SSSR count). The zero-order valence-electron chi connectivity index (χ0n) is 20.4. The van der Waals surface area contributed by atoms with E-state index in [1.54, 1.807) is 6.07 Å². The second kappa shape index (κ2) is 9.10. The highest BCUT2D eigenvalue weighted by Gasteiger charge is 2.43. The molecule has 2 heterocycles. The van der Waals surface area contributed by atoms with E-state index in [1.807, 2.05) is 75.4 Å². The lowest BCUT2D eigenvalue weighted by Crippen LogP contribution is -2.47. The van der Waals surface area contributed by atoms with Gasteiger partial charge in [-0.2, -0.15) is 0 Å². The average Bonchev–Trinajstić information content (AvgIpc) is 2.82. The first kappa shape index (κ1) is 24.1. The first-order valence-electron chi connectivity index (χ1n) is 12.0. The van der Waals surface area contributed by atoms with Crippen LogP contribution in [0.25, 0.3) is 33.4 Å². The summed E-state index contributed by atoms with van der Waals surface area (Å²) in [5, 5.41) is 3.38. The molecule has 1 amide bonds. The van der Waals surface area contributed by atoms with Gasteiger partial charge in [0, 0.05) is 17.3 Å². The summed E-state index contributed by atoms with van der Waals surface area (Å²) < 4.78 is 12.1. The molecule has 4 aromatic rings. The van der Waals surface area contributed by atoms with Crippen LogP contribution >= 0.6 is 11.6 Å². The number of benzene rings is 2. The van der Waals surface area contributed by atoms with Gasteiger partial charge in [0.15, 0.2) is 10.7 Å². The normalized spacial score (nSPS) is 14.8. The molecule has 2 aromatic carbocycles. The molecule has 2 aromatic heterocycles. The topological polar surface area (TPSA) is 81.4 Å². The maximum Gasteiger partial charge on any atom is 0.408 e. The Hall–Kier alpha value is -3.64. The van der Waals surface area contributed by atoms with Crippen molar-refractivity contribution in [1.82, 2.24) is 10.3 Å². The number of fused-ring (bicyclic) bond motifs is 1. The number of aromatic nitrogens is 1. The van der Waals surface area contributed by atoms with Gasteiger partial charge in [0.25, 0.3) is 0 Å². The summed E-state index contributed by atoms with van der Waals surface area (Å²) in [6.45, 7) is 5.75. The molecule has 1 N–H and O–H groups in total. The third-order valence-corrected chi connectivity index (χ3v) is 6.70. The molecule has 0 radical (unpaired) electrons. The van der Waals surface area contributed by atoms with Gasteiger partial charge in [-0.15, -0.1) is 0 Å². The van der Waals surface area contributed by atoms with Crippen LogP contribution < -0.4 is 10.7 Å². The molecular formula is C29H27ClN2O4. The lowest BCUT2D eigenvalue weighted by Gasteiger charge is -2.42. The number of amides is 1. The second-order valence-corrected chi connectivity index (χ2v) is 10.5. The van der Waals surface area contributed by atoms with E-state index in [4.69, 9.17) is 20.8 Å². The SMILES string of the molecule is CC(C)(C)NC(=O)OC1(c2ccc(-c3c(-c4ccccc4)oc4c(Cl)nccc4c3=O)cc2)CCC1. The molecule has 0 atom stereocenters. The quantitative estimate of drug-likeness (QED) is 0.301. The van der Waals surface area contributed by atoms with E-state index in [9.17, 15) is 9.59 Å². The fourth-order valence-electron chi connectivity index (χ4n) is 4.54. The summed E-state index contributed by atoms with van der Waals surface area (Å²) in [5.41, 5.74) is 1.83. The highest BCUT2D eigenvalue weighted by Crippen LogP contribution is 2.45. The maximum atomic E-state index is 13.7. The number of ether oxygens (including phenoxy) is 1. The number of alkyl carbamates (subject to hydrolysis) is 1. The van der Waals surface area contributed by atoms with Gasteiger partial charge in [0.05, 0.1) is 10.9 Å². The zero-order chi connectivity index (χ0) is 25.5. The monoisotopic (exact) mass is 502 g/mol. The molecule has 0 aliphatic heterocycles. The van der Waals surface area contributed by atoms with Crippen LogP contribution in [-0.4, -0.2) is 16.6 Å². The van der Waals surface area contributed by atoms with Crippen LogP contribution in [0.1, 0.15) is 45.6 Å². The van der Waals surface area contributed by atoms with Crippen LogP contribution in [0.5, 0.6) is 0 Å². The summed E-state index contributed by atoms with van der Waals surface area (Å²) in [5.74, 6) is 0.426. The number of halogens is 1.